The first-order valence-electron chi connectivity index (χ1n) is 10.4. The molecule has 3 heterocycles. The molecule has 0 bridgehead atoms. The van der Waals surface area contributed by atoms with E-state index in [0.29, 0.717) is 43.8 Å². The van der Waals surface area contributed by atoms with Crippen molar-refractivity contribution >= 4 is 22.9 Å². The summed E-state index contributed by atoms with van der Waals surface area (Å²) in [5, 5.41) is 8.68. The Labute approximate surface area is 180 Å². The number of anilines is 1. The Balaban J connectivity index is 1.32. The Morgan fingerprint density at radius 1 is 0.935 bits per heavy atom. The Morgan fingerprint density at radius 3 is 2.42 bits per heavy atom. The molecular weight excluding hydrogens is 390 g/mol. The molecule has 0 unspecified atom stereocenters. The van der Waals surface area contributed by atoms with E-state index in [4.69, 9.17) is 0 Å². The first kappa shape index (κ1) is 19.2. The van der Waals surface area contributed by atoms with Crippen molar-refractivity contribution in [3.8, 4) is 5.69 Å². The van der Waals surface area contributed by atoms with Gasteiger partial charge < -0.3 is 9.80 Å². The summed E-state index contributed by atoms with van der Waals surface area (Å²) in [6.45, 7) is 4.76. The zero-order valence-corrected chi connectivity index (χ0v) is 17.3. The standard InChI is InChI=1S/C23H23N7O/c1-17-7-9-19(10-8-17)30-23-21(26-27-30)22(24-16-25-23)29-13-11-28(12-14-29)20(31)15-18-5-3-2-4-6-18/h2-10,16H,11-15H2,1H3. The van der Waals surface area contributed by atoms with Crippen molar-refractivity contribution in [3.05, 3.63) is 72.1 Å². The van der Waals surface area contributed by atoms with Crippen LogP contribution in [0.25, 0.3) is 16.9 Å². The van der Waals surface area contributed by atoms with Gasteiger partial charge in [-0.3, -0.25) is 4.79 Å². The van der Waals surface area contributed by atoms with E-state index >= 15 is 0 Å². The fraction of sp³-hybridized carbons (Fsp3) is 0.261. The number of benzene rings is 2. The predicted molar refractivity (Wildman–Crippen MR) is 118 cm³/mol. The lowest BCUT2D eigenvalue weighted by Crippen LogP contribution is -2.49. The van der Waals surface area contributed by atoms with Crippen molar-refractivity contribution in [2.45, 2.75) is 13.3 Å². The van der Waals surface area contributed by atoms with Gasteiger partial charge in [0.15, 0.2) is 17.0 Å². The van der Waals surface area contributed by atoms with Gasteiger partial charge >= 0.3 is 0 Å². The van der Waals surface area contributed by atoms with Crippen molar-refractivity contribution in [1.82, 2.24) is 29.9 Å². The predicted octanol–water partition coefficient (Wildman–Crippen LogP) is 2.41. The summed E-state index contributed by atoms with van der Waals surface area (Å²) >= 11 is 0. The van der Waals surface area contributed by atoms with Gasteiger partial charge in [-0.2, -0.15) is 4.68 Å². The molecule has 0 saturated carbocycles. The highest BCUT2D eigenvalue weighted by Gasteiger charge is 2.25. The van der Waals surface area contributed by atoms with Gasteiger partial charge in [0, 0.05) is 26.2 Å². The molecule has 1 saturated heterocycles. The normalized spacial score (nSPS) is 14.2. The Hall–Kier alpha value is -3.81. The fourth-order valence-electron chi connectivity index (χ4n) is 3.88. The number of carbonyl (C=O) groups excluding carboxylic acids is 1. The SMILES string of the molecule is Cc1ccc(-n2nnc3c(N4CCN(C(=O)Cc5ccccc5)CC4)ncnc32)cc1. The summed E-state index contributed by atoms with van der Waals surface area (Å²) in [4.78, 5) is 25.6. The number of amides is 1. The Kier molecular flexibility index (Phi) is 5.03. The number of rotatable bonds is 4. The molecule has 1 fully saturated rings. The zero-order valence-electron chi connectivity index (χ0n) is 17.3. The number of fused-ring (bicyclic) bond motifs is 1. The molecule has 8 heteroatoms. The lowest BCUT2D eigenvalue weighted by Gasteiger charge is -2.35. The summed E-state index contributed by atoms with van der Waals surface area (Å²) in [5.74, 6) is 0.919. The Morgan fingerprint density at radius 2 is 1.68 bits per heavy atom. The number of aryl methyl sites for hydroxylation is 1. The number of hydrogen-bond donors (Lipinski definition) is 0. The molecule has 0 atom stereocenters. The quantitative estimate of drug-likeness (QED) is 0.511. The van der Waals surface area contributed by atoms with Crippen molar-refractivity contribution in [1.29, 1.82) is 0 Å². The van der Waals surface area contributed by atoms with Gasteiger partial charge in [0.25, 0.3) is 0 Å². The monoisotopic (exact) mass is 413 g/mol. The molecule has 156 valence electrons. The Bertz CT molecular complexity index is 1200. The molecule has 0 N–H and O–H groups in total. The number of aromatic nitrogens is 5. The van der Waals surface area contributed by atoms with Gasteiger partial charge in [0.2, 0.25) is 5.91 Å². The van der Waals surface area contributed by atoms with Crippen LogP contribution in [0, 0.1) is 6.92 Å². The lowest BCUT2D eigenvalue weighted by molar-refractivity contribution is -0.130. The summed E-state index contributed by atoms with van der Waals surface area (Å²) < 4.78 is 1.74. The van der Waals surface area contributed by atoms with Gasteiger partial charge in [-0.05, 0) is 24.6 Å². The third kappa shape index (κ3) is 3.84. The van der Waals surface area contributed by atoms with Crippen LogP contribution in [0.4, 0.5) is 5.82 Å². The summed E-state index contributed by atoms with van der Waals surface area (Å²) in [6.07, 6.45) is 1.99. The largest absolute Gasteiger partial charge is 0.351 e. The fourth-order valence-corrected chi connectivity index (χ4v) is 3.88. The summed E-state index contributed by atoms with van der Waals surface area (Å²) in [6, 6.07) is 17.9. The van der Waals surface area contributed by atoms with E-state index in [9.17, 15) is 4.79 Å². The molecule has 1 aliphatic rings. The van der Waals surface area contributed by atoms with Gasteiger partial charge in [-0.1, -0.05) is 53.2 Å². The molecule has 4 aromatic rings. The highest BCUT2D eigenvalue weighted by atomic mass is 16.2. The van der Waals surface area contributed by atoms with E-state index in [1.54, 1.807) is 11.0 Å². The van der Waals surface area contributed by atoms with Gasteiger partial charge in [0.05, 0.1) is 12.1 Å². The second kappa shape index (κ2) is 8.14. The highest BCUT2D eigenvalue weighted by Crippen LogP contribution is 2.24. The van der Waals surface area contributed by atoms with Crippen molar-refractivity contribution in [3.63, 3.8) is 0 Å². The van der Waals surface area contributed by atoms with Crippen LogP contribution in [-0.2, 0) is 11.2 Å². The van der Waals surface area contributed by atoms with E-state index < -0.39 is 0 Å². The van der Waals surface area contributed by atoms with E-state index in [2.05, 4.69) is 25.2 Å². The molecule has 0 aliphatic carbocycles. The molecule has 1 amide bonds. The second-order valence-electron chi connectivity index (χ2n) is 7.74. The van der Waals surface area contributed by atoms with Crippen LogP contribution < -0.4 is 4.90 Å². The highest BCUT2D eigenvalue weighted by molar-refractivity contribution is 5.84. The molecule has 2 aromatic heterocycles. The zero-order chi connectivity index (χ0) is 21.2. The maximum atomic E-state index is 12.7. The van der Waals surface area contributed by atoms with Crippen LogP contribution in [0.3, 0.4) is 0 Å². The van der Waals surface area contributed by atoms with Gasteiger partial charge in [-0.25, -0.2) is 9.97 Å². The lowest BCUT2D eigenvalue weighted by atomic mass is 10.1. The second-order valence-corrected chi connectivity index (χ2v) is 7.74. The molecule has 8 nitrogen and oxygen atoms in total. The first-order valence-corrected chi connectivity index (χ1v) is 10.4. The van der Waals surface area contributed by atoms with Crippen LogP contribution in [0.1, 0.15) is 11.1 Å². The van der Waals surface area contributed by atoms with Crippen LogP contribution in [0.15, 0.2) is 60.9 Å². The maximum Gasteiger partial charge on any atom is 0.227 e. The van der Waals surface area contributed by atoms with Crippen LogP contribution in [-0.4, -0.2) is 61.9 Å². The van der Waals surface area contributed by atoms with E-state index in [1.807, 2.05) is 66.4 Å². The topological polar surface area (TPSA) is 80.0 Å². The molecular formula is C23H23N7O. The van der Waals surface area contributed by atoms with E-state index in [0.717, 1.165) is 17.1 Å². The van der Waals surface area contributed by atoms with Crippen molar-refractivity contribution in [2.75, 3.05) is 31.1 Å². The average molecular weight is 413 g/mol. The average Bonchev–Trinajstić information content (AvgIpc) is 3.25. The number of piperazine rings is 1. The smallest absolute Gasteiger partial charge is 0.227 e. The molecule has 31 heavy (non-hydrogen) atoms. The van der Waals surface area contributed by atoms with Crippen LogP contribution in [0.2, 0.25) is 0 Å². The molecule has 2 aromatic carbocycles. The van der Waals surface area contributed by atoms with E-state index in [-0.39, 0.29) is 5.91 Å². The number of carbonyl (C=O) groups is 1. The molecule has 1 aliphatic heterocycles. The maximum absolute atomic E-state index is 12.7. The minimum Gasteiger partial charge on any atom is -0.351 e. The van der Waals surface area contributed by atoms with Gasteiger partial charge in [0.1, 0.15) is 6.33 Å². The molecule has 0 radical (unpaired) electrons. The van der Waals surface area contributed by atoms with Crippen molar-refractivity contribution < 1.29 is 4.79 Å². The van der Waals surface area contributed by atoms with Crippen LogP contribution >= 0.6 is 0 Å². The number of nitrogens with zero attached hydrogens (tertiary/aromatic N) is 7. The molecule has 5 rings (SSSR count). The first-order chi connectivity index (χ1) is 15.2. The summed E-state index contributed by atoms with van der Waals surface area (Å²) in [5.41, 5.74) is 4.49. The number of hydrogen-bond acceptors (Lipinski definition) is 6. The third-order valence-corrected chi connectivity index (χ3v) is 5.63. The van der Waals surface area contributed by atoms with Crippen molar-refractivity contribution in [2.24, 2.45) is 0 Å². The minimum atomic E-state index is 0.156. The summed E-state index contributed by atoms with van der Waals surface area (Å²) in [7, 11) is 0. The van der Waals surface area contributed by atoms with E-state index in [1.165, 1.54) is 5.56 Å². The minimum absolute atomic E-state index is 0.156. The molecule has 0 spiro atoms. The van der Waals surface area contributed by atoms with Gasteiger partial charge in [-0.15, -0.1) is 5.10 Å². The van der Waals surface area contributed by atoms with Crippen LogP contribution in [0.5, 0.6) is 0 Å². The third-order valence-electron chi connectivity index (χ3n) is 5.63.